The monoisotopic (exact) mass is 383 g/mol. The summed E-state index contributed by atoms with van der Waals surface area (Å²) >= 11 is 0. The second-order valence-corrected chi connectivity index (χ2v) is 6.89. The van der Waals surface area contributed by atoms with Crippen LogP contribution in [0.2, 0.25) is 0 Å². The Kier molecular flexibility index (Phi) is 5.67. The number of hydrogen-bond acceptors (Lipinski definition) is 7. The largest absolute Gasteiger partial charge is 0.497 e. The van der Waals surface area contributed by atoms with Crippen LogP contribution in [0.1, 0.15) is 31.7 Å². The molecular formula is C20H25N5O3. The van der Waals surface area contributed by atoms with Crippen LogP contribution in [-0.2, 0) is 4.79 Å². The number of carbonyl (C=O) groups is 1. The number of hydrogen-bond donors (Lipinski definition) is 2. The van der Waals surface area contributed by atoms with E-state index in [0.717, 1.165) is 11.3 Å². The molecule has 0 radical (unpaired) electrons. The van der Waals surface area contributed by atoms with Gasteiger partial charge in [-0.1, -0.05) is 13.8 Å². The lowest BCUT2D eigenvalue weighted by molar-refractivity contribution is -0.123. The third kappa shape index (κ3) is 4.16. The maximum absolute atomic E-state index is 11.9. The van der Waals surface area contributed by atoms with E-state index in [9.17, 15) is 4.79 Å². The first-order chi connectivity index (χ1) is 13.4. The summed E-state index contributed by atoms with van der Waals surface area (Å²) in [4.78, 5) is 22.0. The summed E-state index contributed by atoms with van der Waals surface area (Å²) in [6, 6.07) is 5.61. The van der Waals surface area contributed by atoms with Gasteiger partial charge in [0.15, 0.2) is 11.6 Å². The van der Waals surface area contributed by atoms with Gasteiger partial charge in [0.2, 0.25) is 5.95 Å². The first-order valence-corrected chi connectivity index (χ1v) is 9.08. The van der Waals surface area contributed by atoms with Gasteiger partial charge in [-0.3, -0.25) is 4.79 Å². The number of nitrogens with zero attached hydrogens (tertiary/aromatic N) is 3. The number of rotatable bonds is 6. The van der Waals surface area contributed by atoms with Gasteiger partial charge in [-0.2, -0.15) is 4.98 Å². The molecule has 0 bridgehead atoms. The molecule has 1 saturated heterocycles. The van der Waals surface area contributed by atoms with Gasteiger partial charge < -0.3 is 25.4 Å². The molecular weight excluding hydrogens is 358 g/mol. The van der Waals surface area contributed by atoms with Crippen molar-refractivity contribution in [1.82, 2.24) is 14.9 Å². The fourth-order valence-corrected chi connectivity index (χ4v) is 2.88. The summed E-state index contributed by atoms with van der Waals surface area (Å²) in [5, 5.41) is 2.93. The number of likely N-dealkylation sites (N-methyl/N-ethyl adjacent to an activating group) is 1. The molecule has 1 aromatic heterocycles. The molecule has 8 nitrogen and oxygen atoms in total. The highest BCUT2D eigenvalue weighted by Gasteiger charge is 2.22. The van der Waals surface area contributed by atoms with Gasteiger partial charge in [0.1, 0.15) is 11.5 Å². The Morgan fingerprint density at radius 1 is 1.32 bits per heavy atom. The number of nitrogen functional groups attached to an aromatic ring is 1. The highest BCUT2D eigenvalue weighted by Crippen LogP contribution is 2.35. The molecule has 0 atom stereocenters. The summed E-state index contributed by atoms with van der Waals surface area (Å²) in [6.45, 7) is 4.86. The number of nitrogens with one attached hydrogen (secondary N) is 1. The van der Waals surface area contributed by atoms with E-state index in [1.165, 1.54) is 6.20 Å². The van der Waals surface area contributed by atoms with Gasteiger partial charge >= 0.3 is 0 Å². The summed E-state index contributed by atoms with van der Waals surface area (Å²) in [6.07, 6.45) is 3.83. The summed E-state index contributed by atoms with van der Waals surface area (Å²) in [5.74, 6) is 2.55. The Hall–Kier alpha value is -3.29. The number of methoxy groups -OCH3 is 1. The van der Waals surface area contributed by atoms with E-state index >= 15 is 0 Å². The zero-order chi connectivity index (χ0) is 20.3. The molecule has 3 rings (SSSR count). The number of anilines is 2. The van der Waals surface area contributed by atoms with Crippen LogP contribution in [0, 0.1) is 0 Å². The second kappa shape index (κ2) is 8.16. The van der Waals surface area contributed by atoms with E-state index in [-0.39, 0.29) is 17.6 Å². The van der Waals surface area contributed by atoms with Crippen LogP contribution in [0.4, 0.5) is 11.8 Å². The minimum atomic E-state index is 0.00106. The van der Waals surface area contributed by atoms with E-state index in [4.69, 9.17) is 15.2 Å². The third-order valence-corrected chi connectivity index (χ3v) is 4.56. The second-order valence-electron chi connectivity index (χ2n) is 6.89. The molecule has 1 aliphatic heterocycles. The molecule has 28 heavy (non-hydrogen) atoms. The first kappa shape index (κ1) is 19.5. The van der Waals surface area contributed by atoms with E-state index in [1.807, 2.05) is 18.2 Å². The topological polar surface area (TPSA) is 103 Å². The van der Waals surface area contributed by atoms with Crippen LogP contribution in [0.3, 0.4) is 0 Å². The quantitative estimate of drug-likeness (QED) is 0.739. The Balaban J connectivity index is 1.76. The summed E-state index contributed by atoms with van der Waals surface area (Å²) < 4.78 is 11.2. The number of carbonyl (C=O) groups excluding carboxylic acids is 1. The fourth-order valence-electron chi connectivity index (χ4n) is 2.88. The molecule has 148 valence electrons. The molecule has 0 spiro atoms. The first-order valence-electron chi connectivity index (χ1n) is 9.08. The third-order valence-electron chi connectivity index (χ3n) is 4.56. The van der Waals surface area contributed by atoms with E-state index in [2.05, 4.69) is 29.1 Å². The fraction of sp³-hybridized carbons (Fsp3) is 0.350. The molecule has 0 saturated carbocycles. The highest BCUT2D eigenvalue weighted by atomic mass is 16.5. The molecule has 1 aromatic carbocycles. The Bertz CT molecular complexity index is 911. The molecule has 3 N–H and O–H groups in total. The zero-order valence-electron chi connectivity index (χ0n) is 16.5. The van der Waals surface area contributed by atoms with Crippen molar-refractivity contribution < 1.29 is 14.3 Å². The lowest BCUT2D eigenvalue weighted by atomic mass is 10.0. The molecule has 2 aromatic rings. The average Bonchev–Trinajstić information content (AvgIpc) is 3.00. The number of nitrogens with two attached hydrogens (primary N) is 1. The van der Waals surface area contributed by atoms with Crippen molar-refractivity contribution in [2.45, 2.75) is 26.2 Å². The van der Waals surface area contributed by atoms with Gasteiger partial charge in [0, 0.05) is 30.9 Å². The maximum Gasteiger partial charge on any atom is 0.251 e. The van der Waals surface area contributed by atoms with Crippen molar-refractivity contribution in [3.8, 4) is 17.2 Å². The van der Waals surface area contributed by atoms with E-state index in [1.54, 1.807) is 25.3 Å². The normalized spacial score (nSPS) is 15.4. The molecule has 8 heteroatoms. The lowest BCUT2D eigenvalue weighted by Gasteiger charge is -2.15. The molecule has 0 unspecified atom stereocenters. The Labute approximate surface area is 164 Å². The summed E-state index contributed by atoms with van der Waals surface area (Å²) in [5.41, 5.74) is 7.73. The van der Waals surface area contributed by atoms with Gasteiger partial charge in [0.05, 0.1) is 13.3 Å². The molecule has 2 heterocycles. The van der Waals surface area contributed by atoms with Gasteiger partial charge in [-0.25, -0.2) is 4.98 Å². The molecule has 1 aliphatic rings. The summed E-state index contributed by atoms with van der Waals surface area (Å²) in [7, 11) is 3.40. The van der Waals surface area contributed by atoms with Crippen molar-refractivity contribution in [2.24, 2.45) is 0 Å². The predicted octanol–water partition coefficient (Wildman–Crippen LogP) is 3.14. The van der Waals surface area contributed by atoms with Crippen molar-refractivity contribution in [3.63, 3.8) is 0 Å². The number of aromatic nitrogens is 2. The maximum atomic E-state index is 11.9. The van der Waals surface area contributed by atoms with E-state index < -0.39 is 0 Å². The van der Waals surface area contributed by atoms with Gasteiger partial charge in [-0.05, 0) is 30.5 Å². The minimum Gasteiger partial charge on any atom is -0.497 e. The number of likely N-dealkylation sites (tertiary alicyclic amines) is 1. The van der Waals surface area contributed by atoms with Crippen molar-refractivity contribution in [3.05, 3.63) is 41.7 Å². The standard InChI is InChI=1S/C20H25N5O3/c1-12(2)15-9-14(27-4)5-6-16(15)28-17-11-23-20(24-18(17)21)22-10-13-7-8-25(3)19(13)26/h5-6,9-12H,7-8H2,1-4H3,(H3,21,22,23,24). The van der Waals surface area contributed by atoms with Crippen LogP contribution in [0.15, 0.2) is 36.2 Å². The predicted molar refractivity (Wildman–Crippen MR) is 108 cm³/mol. The van der Waals surface area contributed by atoms with Crippen molar-refractivity contribution in [2.75, 3.05) is 31.8 Å². The Morgan fingerprint density at radius 3 is 2.71 bits per heavy atom. The number of benzene rings is 1. The zero-order valence-corrected chi connectivity index (χ0v) is 16.5. The lowest BCUT2D eigenvalue weighted by Crippen LogP contribution is -2.19. The van der Waals surface area contributed by atoms with Gasteiger partial charge in [-0.15, -0.1) is 0 Å². The van der Waals surface area contributed by atoms with Gasteiger partial charge in [0.25, 0.3) is 5.91 Å². The minimum absolute atomic E-state index is 0.00106. The van der Waals surface area contributed by atoms with Crippen molar-refractivity contribution in [1.29, 1.82) is 0 Å². The van der Waals surface area contributed by atoms with E-state index in [0.29, 0.717) is 36.0 Å². The van der Waals surface area contributed by atoms with Crippen molar-refractivity contribution >= 4 is 17.7 Å². The SMILES string of the molecule is COc1ccc(Oc2cnc(NC=C3CCN(C)C3=O)nc2N)c(C(C)C)c1. The molecule has 1 fully saturated rings. The number of ether oxygens (including phenoxy) is 2. The van der Waals surface area contributed by atoms with Crippen LogP contribution >= 0.6 is 0 Å². The van der Waals surface area contributed by atoms with Crippen LogP contribution in [0.25, 0.3) is 0 Å². The van der Waals surface area contributed by atoms with Crippen LogP contribution in [-0.4, -0.2) is 41.5 Å². The molecule has 0 aliphatic carbocycles. The van der Waals surface area contributed by atoms with Crippen LogP contribution < -0.4 is 20.5 Å². The smallest absolute Gasteiger partial charge is 0.251 e. The number of amides is 1. The average molecular weight is 383 g/mol. The highest BCUT2D eigenvalue weighted by molar-refractivity contribution is 5.95. The van der Waals surface area contributed by atoms with Crippen LogP contribution in [0.5, 0.6) is 17.2 Å². The Morgan fingerprint density at radius 2 is 2.11 bits per heavy atom. The molecule has 1 amide bonds.